The normalized spacial score (nSPS) is 13.1. The first-order chi connectivity index (χ1) is 9.89. The first-order valence-electron chi connectivity index (χ1n) is 7.60. The van der Waals surface area contributed by atoms with Crippen LogP contribution in [0, 0.1) is 0 Å². The predicted molar refractivity (Wildman–Crippen MR) is 90.7 cm³/mol. The molecular weight excluding hydrogens is 284 g/mol. The summed E-state index contributed by atoms with van der Waals surface area (Å²) in [6, 6.07) is 8.54. The van der Waals surface area contributed by atoms with Gasteiger partial charge in [-0.05, 0) is 31.0 Å². The lowest BCUT2D eigenvalue weighted by atomic mass is 10.0. The molecule has 0 radical (unpaired) electrons. The Morgan fingerprint density at radius 1 is 1.24 bits per heavy atom. The lowest BCUT2D eigenvalue weighted by Crippen LogP contribution is -2.28. The molecule has 0 bridgehead atoms. The topological polar surface area (TPSA) is 49.4 Å². The van der Waals surface area contributed by atoms with Gasteiger partial charge in [-0.3, -0.25) is 0 Å². The minimum Gasteiger partial charge on any atom is -0.373 e. The van der Waals surface area contributed by atoms with E-state index in [0.717, 1.165) is 25.1 Å². The van der Waals surface area contributed by atoms with Gasteiger partial charge in [0.15, 0.2) is 0 Å². The van der Waals surface area contributed by atoms with E-state index < -0.39 is 9.84 Å². The minimum atomic E-state index is -2.94. The maximum Gasteiger partial charge on any atom is 0.149 e. The van der Waals surface area contributed by atoms with Gasteiger partial charge in [0, 0.05) is 31.6 Å². The molecule has 21 heavy (non-hydrogen) atoms. The highest BCUT2D eigenvalue weighted by molar-refractivity contribution is 7.90. The summed E-state index contributed by atoms with van der Waals surface area (Å²) in [6.07, 6.45) is 3.39. The van der Waals surface area contributed by atoms with E-state index in [-0.39, 0.29) is 5.75 Å². The first-order valence-corrected chi connectivity index (χ1v) is 9.66. The summed E-state index contributed by atoms with van der Waals surface area (Å²) < 4.78 is 22.7. The second kappa shape index (κ2) is 8.39. The number of anilines is 1. The molecule has 0 heterocycles. The Morgan fingerprint density at radius 3 is 2.48 bits per heavy atom. The second-order valence-corrected chi connectivity index (χ2v) is 7.78. The number of sulfone groups is 1. The lowest BCUT2D eigenvalue weighted by Gasteiger charge is -2.26. The molecule has 0 spiro atoms. The van der Waals surface area contributed by atoms with Gasteiger partial charge >= 0.3 is 0 Å². The zero-order valence-electron chi connectivity index (χ0n) is 13.6. The quantitative estimate of drug-likeness (QED) is 0.761. The van der Waals surface area contributed by atoms with Crippen LogP contribution in [0.3, 0.4) is 0 Å². The molecule has 5 heteroatoms. The molecule has 1 aromatic carbocycles. The molecule has 1 atom stereocenters. The third kappa shape index (κ3) is 6.06. The maximum absolute atomic E-state index is 11.3. The summed E-state index contributed by atoms with van der Waals surface area (Å²) in [4.78, 5) is 2.03. The molecule has 0 aliphatic rings. The third-order valence-electron chi connectivity index (χ3n) is 3.57. The molecule has 0 fully saturated rings. The van der Waals surface area contributed by atoms with Crippen molar-refractivity contribution in [3.05, 3.63) is 29.8 Å². The van der Waals surface area contributed by atoms with Crippen LogP contribution in [0.1, 0.15) is 38.3 Å². The van der Waals surface area contributed by atoms with Crippen molar-refractivity contribution >= 4 is 15.5 Å². The van der Waals surface area contributed by atoms with Crippen LogP contribution in [-0.2, 0) is 9.84 Å². The Kier molecular flexibility index (Phi) is 7.18. The smallest absolute Gasteiger partial charge is 0.149 e. The van der Waals surface area contributed by atoms with E-state index in [1.807, 2.05) is 24.1 Å². The molecule has 1 N–H and O–H groups in total. The first kappa shape index (κ1) is 18.0. The van der Waals surface area contributed by atoms with E-state index in [1.165, 1.54) is 11.8 Å². The van der Waals surface area contributed by atoms with Gasteiger partial charge in [0.25, 0.3) is 0 Å². The largest absolute Gasteiger partial charge is 0.373 e. The van der Waals surface area contributed by atoms with Crippen molar-refractivity contribution in [2.75, 3.05) is 37.0 Å². The average Bonchev–Trinajstić information content (AvgIpc) is 2.45. The summed E-state index contributed by atoms with van der Waals surface area (Å²) in [5, 5.41) is 3.56. The van der Waals surface area contributed by atoms with Crippen molar-refractivity contribution in [3.8, 4) is 0 Å². The summed E-state index contributed by atoms with van der Waals surface area (Å²) in [7, 11) is -0.982. The molecule has 4 nitrogen and oxygen atoms in total. The fraction of sp³-hybridized carbons (Fsp3) is 0.625. The summed E-state index contributed by atoms with van der Waals surface area (Å²) in [6.45, 7) is 5.82. The van der Waals surface area contributed by atoms with E-state index in [0.29, 0.717) is 12.6 Å². The average molecular weight is 312 g/mol. The van der Waals surface area contributed by atoms with Crippen LogP contribution in [0.2, 0.25) is 0 Å². The second-order valence-electron chi connectivity index (χ2n) is 5.53. The molecule has 1 aromatic rings. The Morgan fingerprint density at radius 2 is 1.90 bits per heavy atom. The highest BCUT2D eigenvalue weighted by atomic mass is 32.2. The molecule has 0 aliphatic heterocycles. The van der Waals surface area contributed by atoms with Crippen molar-refractivity contribution in [1.29, 1.82) is 0 Å². The third-order valence-corrected chi connectivity index (χ3v) is 4.49. The number of benzene rings is 1. The standard InChI is InChI=1S/C16H28N2O2S/c1-5-11-17-15(6-2)14-9-7-8-10-16(14)18(3)12-13-21(4,19)20/h7-10,15,17H,5-6,11-13H2,1-4H3. The van der Waals surface area contributed by atoms with Crippen LogP contribution < -0.4 is 10.2 Å². The van der Waals surface area contributed by atoms with E-state index in [1.54, 1.807) is 0 Å². The molecular formula is C16H28N2O2S. The van der Waals surface area contributed by atoms with Crippen LogP contribution >= 0.6 is 0 Å². The van der Waals surface area contributed by atoms with Gasteiger partial charge in [-0.1, -0.05) is 32.0 Å². The van der Waals surface area contributed by atoms with Gasteiger partial charge in [0.1, 0.15) is 9.84 Å². The highest BCUT2D eigenvalue weighted by Gasteiger charge is 2.15. The molecule has 120 valence electrons. The minimum absolute atomic E-state index is 0.178. The van der Waals surface area contributed by atoms with E-state index in [9.17, 15) is 8.42 Å². The van der Waals surface area contributed by atoms with E-state index >= 15 is 0 Å². The summed E-state index contributed by atoms with van der Waals surface area (Å²) in [5.41, 5.74) is 2.35. The molecule has 0 aromatic heterocycles. The van der Waals surface area contributed by atoms with Gasteiger partial charge in [-0.15, -0.1) is 0 Å². The van der Waals surface area contributed by atoms with Crippen LogP contribution in [-0.4, -0.2) is 40.6 Å². The Bertz CT molecular complexity index is 529. The zero-order chi connectivity index (χ0) is 15.9. The van der Waals surface area contributed by atoms with Gasteiger partial charge in [0.05, 0.1) is 5.75 Å². The van der Waals surface area contributed by atoms with Crippen molar-refractivity contribution in [1.82, 2.24) is 5.32 Å². The Balaban J connectivity index is 2.91. The highest BCUT2D eigenvalue weighted by Crippen LogP contribution is 2.27. The molecule has 0 amide bonds. The Hall–Kier alpha value is -1.07. The maximum atomic E-state index is 11.3. The molecule has 0 aliphatic carbocycles. The number of para-hydroxylation sites is 1. The Labute approximate surface area is 129 Å². The van der Waals surface area contributed by atoms with Crippen LogP contribution in [0.4, 0.5) is 5.69 Å². The van der Waals surface area contributed by atoms with Gasteiger partial charge in [-0.2, -0.15) is 0 Å². The van der Waals surface area contributed by atoms with Gasteiger partial charge in [-0.25, -0.2) is 8.42 Å². The molecule has 1 rings (SSSR count). The molecule has 0 saturated heterocycles. The number of rotatable bonds is 9. The van der Waals surface area contributed by atoms with Crippen molar-refractivity contribution in [2.24, 2.45) is 0 Å². The summed E-state index contributed by atoms with van der Waals surface area (Å²) >= 11 is 0. The van der Waals surface area contributed by atoms with Gasteiger partial charge < -0.3 is 10.2 Å². The number of hydrogen-bond donors (Lipinski definition) is 1. The van der Waals surface area contributed by atoms with E-state index in [2.05, 4.69) is 31.3 Å². The van der Waals surface area contributed by atoms with Crippen LogP contribution in [0.15, 0.2) is 24.3 Å². The zero-order valence-corrected chi connectivity index (χ0v) is 14.4. The molecule has 0 saturated carbocycles. The monoisotopic (exact) mass is 312 g/mol. The number of nitrogens with zero attached hydrogens (tertiary/aromatic N) is 1. The summed E-state index contributed by atoms with van der Waals surface area (Å²) in [5.74, 6) is 0.178. The predicted octanol–water partition coefficient (Wildman–Crippen LogP) is 2.62. The van der Waals surface area contributed by atoms with Crippen molar-refractivity contribution in [2.45, 2.75) is 32.7 Å². The van der Waals surface area contributed by atoms with Crippen molar-refractivity contribution in [3.63, 3.8) is 0 Å². The number of hydrogen-bond acceptors (Lipinski definition) is 4. The van der Waals surface area contributed by atoms with Crippen LogP contribution in [0.25, 0.3) is 0 Å². The van der Waals surface area contributed by atoms with Gasteiger partial charge in [0.2, 0.25) is 0 Å². The number of nitrogens with one attached hydrogen (secondary N) is 1. The fourth-order valence-corrected chi connectivity index (χ4v) is 2.95. The van der Waals surface area contributed by atoms with Crippen molar-refractivity contribution < 1.29 is 8.42 Å². The van der Waals surface area contributed by atoms with Crippen LogP contribution in [0.5, 0.6) is 0 Å². The fourth-order valence-electron chi connectivity index (χ4n) is 2.35. The lowest BCUT2D eigenvalue weighted by molar-refractivity contribution is 0.518. The molecule has 1 unspecified atom stereocenters. The SMILES string of the molecule is CCCNC(CC)c1ccccc1N(C)CCS(C)(=O)=O. The van der Waals surface area contributed by atoms with E-state index in [4.69, 9.17) is 0 Å².